The summed E-state index contributed by atoms with van der Waals surface area (Å²) >= 11 is 0. The van der Waals surface area contributed by atoms with Gasteiger partial charge < -0.3 is 9.88 Å². The van der Waals surface area contributed by atoms with Gasteiger partial charge in [-0.3, -0.25) is 0 Å². The van der Waals surface area contributed by atoms with Gasteiger partial charge in [0.1, 0.15) is 5.82 Å². The molecule has 1 N–H and O–H groups in total. The molecule has 0 saturated carbocycles. The third-order valence-corrected chi connectivity index (χ3v) is 2.15. The molecule has 2 heterocycles. The monoisotopic (exact) mass is 178 g/mol. The largest absolute Gasteiger partial charge is 0.309 e. The highest BCUT2D eigenvalue weighted by atomic mass is 15.3. The summed E-state index contributed by atoms with van der Waals surface area (Å²) in [5.74, 6) is 2.03. The van der Waals surface area contributed by atoms with Crippen molar-refractivity contribution in [2.75, 3.05) is 6.54 Å². The Bertz CT molecular complexity index is 313. The summed E-state index contributed by atoms with van der Waals surface area (Å²) < 4.78 is 2.17. The van der Waals surface area contributed by atoms with Gasteiger partial charge >= 0.3 is 0 Å². The summed E-state index contributed by atoms with van der Waals surface area (Å²) in [4.78, 5) is 0. The fourth-order valence-electron chi connectivity index (χ4n) is 1.46. The maximum atomic E-state index is 4.12. The molecule has 0 bridgehead atoms. The fourth-order valence-corrected chi connectivity index (χ4v) is 1.46. The summed E-state index contributed by atoms with van der Waals surface area (Å²) in [7, 11) is 0. The second kappa shape index (κ2) is 3.70. The SMILES string of the molecule is CC/C=C/c1nnc2n1CCNC2. The Morgan fingerprint density at radius 3 is 3.31 bits per heavy atom. The lowest BCUT2D eigenvalue weighted by Gasteiger charge is -2.14. The average molecular weight is 178 g/mol. The van der Waals surface area contributed by atoms with Gasteiger partial charge in [-0.05, 0) is 12.5 Å². The minimum absolute atomic E-state index is 0.840. The van der Waals surface area contributed by atoms with Gasteiger partial charge in [-0.15, -0.1) is 10.2 Å². The Hall–Kier alpha value is -1.16. The van der Waals surface area contributed by atoms with Gasteiger partial charge in [0.15, 0.2) is 5.82 Å². The first-order valence-corrected chi connectivity index (χ1v) is 4.71. The number of nitrogens with one attached hydrogen (secondary N) is 1. The molecule has 1 aromatic rings. The van der Waals surface area contributed by atoms with Crippen molar-refractivity contribution in [2.45, 2.75) is 26.4 Å². The van der Waals surface area contributed by atoms with E-state index < -0.39 is 0 Å². The third-order valence-electron chi connectivity index (χ3n) is 2.15. The summed E-state index contributed by atoms with van der Waals surface area (Å²) in [5.41, 5.74) is 0. The van der Waals surface area contributed by atoms with Crippen molar-refractivity contribution in [2.24, 2.45) is 0 Å². The van der Waals surface area contributed by atoms with Crippen LogP contribution in [0.1, 0.15) is 25.0 Å². The number of nitrogens with zero attached hydrogens (tertiary/aromatic N) is 3. The van der Waals surface area contributed by atoms with Crippen LogP contribution < -0.4 is 5.32 Å². The van der Waals surface area contributed by atoms with E-state index in [2.05, 4.69) is 33.1 Å². The maximum absolute atomic E-state index is 4.12. The van der Waals surface area contributed by atoms with Crippen LogP contribution in [0.2, 0.25) is 0 Å². The van der Waals surface area contributed by atoms with E-state index in [0.29, 0.717) is 0 Å². The van der Waals surface area contributed by atoms with Crippen LogP contribution in [0, 0.1) is 0 Å². The number of allylic oxidation sites excluding steroid dienone is 1. The van der Waals surface area contributed by atoms with Crippen molar-refractivity contribution in [3.05, 3.63) is 17.7 Å². The van der Waals surface area contributed by atoms with E-state index >= 15 is 0 Å². The molecule has 1 aromatic heterocycles. The van der Waals surface area contributed by atoms with Crippen LogP contribution >= 0.6 is 0 Å². The number of hydrogen-bond donors (Lipinski definition) is 1. The molecule has 0 spiro atoms. The number of aromatic nitrogens is 3. The van der Waals surface area contributed by atoms with Crippen molar-refractivity contribution in [3.63, 3.8) is 0 Å². The zero-order valence-electron chi connectivity index (χ0n) is 7.82. The maximum Gasteiger partial charge on any atom is 0.156 e. The van der Waals surface area contributed by atoms with Crippen molar-refractivity contribution in [1.29, 1.82) is 0 Å². The van der Waals surface area contributed by atoms with E-state index in [9.17, 15) is 0 Å². The second-order valence-electron chi connectivity index (χ2n) is 3.11. The fraction of sp³-hybridized carbons (Fsp3) is 0.556. The first kappa shape index (κ1) is 8.44. The Morgan fingerprint density at radius 1 is 1.54 bits per heavy atom. The van der Waals surface area contributed by atoms with E-state index in [1.165, 1.54) is 0 Å². The van der Waals surface area contributed by atoms with Crippen molar-refractivity contribution < 1.29 is 0 Å². The molecule has 0 aliphatic carbocycles. The van der Waals surface area contributed by atoms with Gasteiger partial charge in [-0.1, -0.05) is 13.0 Å². The van der Waals surface area contributed by atoms with E-state index in [1.54, 1.807) is 0 Å². The third kappa shape index (κ3) is 1.62. The van der Waals surface area contributed by atoms with E-state index in [0.717, 1.165) is 37.7 Å². The van der Waals surface area contributed by atoms with Crippen molar-refractivity contribution >= 4 is 6.08 Å². The minimum atomic E-state index is 0.840. The van der Waals surface area contributed by atoms with Gasteiger partial charge in [0.25, 0.3) is 0 Å². The molecule has 0 atom stereocenters. The predicted octanol–water partition coefficient (Wildman–Crippen LogP) is 0.804. The minimum Gasteiger partial charge on any atom is -0.309 e. The highest BCUT2D eigenvalue weighted by Gasteiger charge is 2.12. The normalized spacial score (nSPS) is 16.4. The Morgan fingerprint density at radius 2 is 2.46 bits per heavy atom. The first-order chi connectivity index (χ1) is 6.42. The van der Waals surface area contributed by atoms with E-state index in [1.807, 2.05) is 6.08 Å². The summed E-state index contributed by atoms with van der Waals surface area (Å²) in [6, 6.07) is 0. The topological polar surface area (TPSA) is 42.7 Å². The zero-order valence-corrected chi connectivity index (χ0v) is 7.82. The number of hydrogen-bond acceptors (Lipinski definition) is 3. The molecule has 4 nitrogen and oxygen atoms in total. The van der Waals surface area contributed by atoms with Crippen LogP contribution in [0.4, 0.5) is 0 Å². The van der Waals surface area contributed by atoms with Gasteiger partial charge in [0.2, 0.25) is 0 Å². The summed E-state index contributed by atoms with van der Waals surface area (Å²) in [6.07, 6.45) is 5.20. The molecule has 0 saturated heterocycles. The molecule has 4 heteroatoms. The van der Waals surface area contributed by atoms with Gasteiger partial charge in [0, 0.05) is 13.1 Å². The van der Waals surface area contributed by atoms with Gasteiger partial charge in [-0.25, -0.2) is 0 Å². The molecule has 0 unspecified atom stereocenters. The highest BCUT2D eigenvalue weighted by Crippen LogP contribution is 2.07. The Labute approximate surface area is 77.7 Å². The van der Waals surface area contributed by atoms with E-state index in [-0.39, 0.29) is 0 Å². The molecule has 1 aliphatic rings. The highest BCUT2D eigenvalue weighted by molar-refractivity contribution is 5.40. The van der Waals surface area contributed by atoms with Crippen LogP contribution in [0.25, 0.3) is 6.08 Å². The smallest absolute Gasteiger partial charge is 0.156 e. The molecular formula is C9H14N4. The van der Waals surface area contributed by atoms with Crippen LogP contribution in [-0.2, 0) is 13.1 Å². The summed E-state index contributed by atoms with van der Waals surface area (Å²) in [6.45, 7) is 4.95. The number of rotatable bonds is 2. The Kier molecular flexibility index (Phi) is 2.40. The molecule has 13 heavy (non-hydrogen) atoms. The van der Waals surface area contributed by atoms with Crippen molar-refractivity contribution in [3.8, 4) is 0 Å². The molecule has 0 fully saturated rings. The quantitative estimate of drug-likeness (QED) is 0.728. The van der Waals surface area contributed by atoms with Crippen LogP contribution in [0.5, 0.6) is 0 Å². The van der Waals surface area contributed by atoms with Gasteiger partial charge in [0.05, 0.1) is 6.54 Å². The molecular weight excluding hydrogens is 164 g/mol. The second-order valence-corrected chi connectivity index (χ2v) is 3.11. The first-order valence-electron chi connectivity index (χ1n) is 4.71. The lowest BCUT2D eigenvalue weighted by atomic mass is 10.3. The molecule has 0 amide bonds. The lowest BCUT2D eigenvalue weighted by Crippen LogP contribution is -2.28. The van der Waals surface area contributed by atoms with Gasteiger partial charge in [-0.2, -0.15) is 0 Å². The van der Waals surface area contributed by atoms with Crippen LogP contribution in [0.15, 0.2) is 6.08 Å². The van der Waals surface area contributed by atoms with Crippen molar-refractivity contribution in [1.82, 2.24) is 20.1 Å². The summed E-state index contributed by atoms with van der Waals surface area (Å²) in [5, 5.41) is 11.5. The Balaban J connectivity index is 2.26. The standard InChI is InChI=1S/C9H14N4/c1-2-3-4-8-11-12-9-7-10-5-6-13(8)9/h3-4,10H,2,5-7H2,1H3/b4-3+. The molecule has 1 aliphatic heterocycles. The number of fused-ring (bicyclic) bond motifs is 1. The molecule has 70 valence electrons. The van der Waals surface area contributed by atoms with E-state index in [4.69, 9.17) is 0 Å². The average Bonchev–Trinajstić information content (AvgIpc) is 2.58. The zero-order chi connectivity index (χ0) is 9.10. The molecule has 0 aromatic carbocycles. The van der Waals surface area contributed by atoms with Crippen LogP contribution in [-0.4, -0.2) is 21.3 Å². The molecule has 2 rings (SSSR count). The lowest BCUT2D eigenvalue weighted by molar-refractivity contribution is 0.503. The molecule has 0 radical (unpaired) electrons. The predicted molar refractivity (Wildman–Crippen MR) is 51.1 cm³/mol. The van der Waals surface area contributed by atoms with Crippen LogP contribution in [0.3, 0.4) is 0 Å².